The number of ether oxygens (including phenoxy) is 1. The van der Waals surface area contributed by atoms with Gasteiger partial charge in [-0.1, -0.05) is 30.3 Å². The van der Waals surface area contributed by atoms with Gasteiger partial charge in [0, 0.05) is 11.6 Å². The van der Waals surface area contributed by atoms with Gasteiger partial charge in [0.1, 0.15) is 11.6 Å². The SMILES string of the molecule is O=C(O)C[C@@H](NC(=O)OCc1ccccc1)c1nccs1. The van der Waals surface area contributed by atoms with E-state index in [9.17, 15) is 9.59 Å². The molecule has 0 spiro atoms. The number of benzene rings is 1. The summed E-state index contributed by atoms with van der Waals surface area (Å²) in [5.41, 5.74) is 0.858. The molecular formula is C14H14N2O4S. The van der Waals surface area contributed by atoms with Crippen LogP contribution >= 0.6 is 11.3 Å². The van der Waals surface area contributed by atoms with Gasteiger partial charge in [-0.25, -0.2) is 9.78 Å². The van der Waals surface area contributed by atoms with Gasteiger partial charge in [-0.15, -0.1) is 11.3 Å². The van der Waals surface area contributed by atoms with Gasteiger partial charge in [0.25, 0.3) is 0 Å². The molecule has 0 aliphatic rings. The minimum Gasteiger partial charge on any atom is -0.481 e. The number of amides is 1. The van der Waals surface area contributed by atoms with E-state index in [1.54, 1.807) is 11.6 Å². The first-order valence-electron chi connectivity index (χ1n) is 6.23. The van der Waals surface area contributed by atoms with Crippen molar-refractivity contribution in [2.75, 3.05) is 0 Å². The normalized spacial score (nSPS) is 11.6. The number of hydrogen-bond acceptors (Lipinski definition) is 5. The second kappa shape index (κ2) is 7.39. The zero-order valence-electron chi connectivity index (χ0n) is 11.1. The van der Waals surface area contributed by atoms with Crippen LogP contribution in [0.25, 0.3) is 0 Å². The van der Waals surface area contributed by atoms with E-state index in [-0.39, 0.29) is 13.0 Å². The van der Waals surface area contributed by atoms with Gasteiger partial charge < -0.3 is 15.2 Å². The van der Waals surface area contributed by atoms with Crippen molar-refractivity contribution in [2.45, 2.75) is 19.1 Å². The van der Waals surface area contributed by atoms with Crippen LogP contribution < -0.4 is 5.32 Å². The molecule has 0 radical (unpaired) electrons. The highest BCUT2D eigenvalue weighted by atomic mass is 32.1. The molecule has 0 bridgehead atoms. The van der Waals surface area contributed by atoms with Crippen molar-refractivity contribution < 1.29 is 19.4 Å². The second-order valence-electron chi connectivity index (χ2n) is 4.23. The molecule has 6 nitrogen and oxygen atoms in total. The predicted molar refractivity (Wildman–Crippen MR) is 76.9 cm³/mol. The molecule has 1 atom stereocenters. The lowest BCUT2D eigenvalue weighted by atomic mass is 10.2. The molecule has 0 aliphatic carbocycles. The third-order valence-electron chi connectivity index (χ3n) is 2.63. The Bertz CT molecular complexity index is 586. The lowest BCUT2D eigenvalue weighted by Crippen LogP contribution is -2.30. The van der Waals surface area contributed by atoms with E-state index in [0.717, 1.165) is 5.56 Å². The van der Waals surface area contributed by atoms with E-state index in [4.69, 9.17) is 9.84 Å². The minimum atomic E-state index is -1.02. The number of aromatic nitrogens is 1. The third kappa shape index (κ3) is 4.88. The van der Waals surface area contributed by atoms with Crippen LogP contribution in [0, 0.1) is 0 Å². The maximum Gasteiger partial charge on any atom is 0.408 e. The van der Waals surface area contributed by atoms with Crippen LogP contribution in [0.2, 0.25) is 0 Å². The molecule has 2 aromatic rings. The highest BCUT2D eigenvalue weighted by Gasteiger charge is 2.20. The van der Waals surface area contributed by atoms with Crippen LogP contribution in [-0.4, -0.2) is 22.2 Å². The van der Waals surface area contributed by atoms with E-state index < -0.39 is 18.1 Å². The minimum absolute atomic E-state index is 0.129. The average molecular weight is 306 g/mol. The summed E-state index contributed by atoms with van der Waals surface area (Å²) in [6.45, 7) is 0.129. The number of carbonyl (C=O) groups is 2. The van der Waals surface area contributed by atoms with Crippen LogP contribution in [0.1, 0.15) is 23.0 Å². The average Bonchev–Trinajstić information content (AvgIpc) is 2.99. The fourth-order valence-corrected chi connectivity index (χ4v) is 2.38. The Labute approximate surface area is 125 Å². The van der Waals surface area contributed by atoms with Gasteiger partial charge in [0.15, 0.2) is 0 Å². The van der Waals surface area contributed by atoms with Crippen LogP contribution in [0.15, 0.2) is 41.9 Å². The topological polar surface area (TPSA) is 88.5 Å². The van der Waals surface area contributed by atoms with Crippen molar-refractivity contribution in [3.63, 3.8) is 0 Å². The Morgan fingerprint density at radius 1 is 1.33 bits per heavy atom. The number of carboxylic acids is 1. The van der Waals surface area contributed by atoms with Crippen LogP contribution in [0.5, 0.6) is 0 Å². The highest BCUT2D eigenvalue weighted by Crippen LogP contribution is 2.19. The Balaban J connectivity index is 1.90. The zero-order valence-corrected chi connectivity index (χ0v) is 11.9. The van der Waals surface area contributed by atoms with Crippen molar-refractivity contribution >= 4 is 23.4 Å². The van der Waals surface area contributed by atoms with Gasteiger partial charge in [0.05, 0.1) is 12.5 Å². The molecule has 21 heavy (non-hydrogen) atoms. The monoisotopic (exact) mass is 306 g/mol. The summed E-state index contributed by atoms with van der Waals surface area (Å²) < 4.78 is 5.07. The molecule has 0 saturated heterocycles. The summed E-state index contributed by atoms with van der Waals surface area (Å²) in [5.74, 6) is -1.02. The number of hydrogen-bond donors (Lipinski definition) is 2. The van der Waals surface area contributed by atoms with E-state index in [1.165, 1.54) is 11.3 Å². The third-order valence-corrected chi connectivity index (χ3v) is 3.52. The highest BCUT2D eigenvalue weighted by molar-refractivity contribution is 7.09. The number of aliphatic carboxylic acids is 1. The van der Waals surface area contributed by atoms with Crippen molar-refractivity contribution in [3.8, 4) is 0 Å². The molecule has 110 valence electrons. The summed E-state index contributed by atoms with van der Waals surface area (Å²) >= 11 is 1.28. The first-order valence-corrected chi connectivity index (χ1v) is 7.11. The number of nitrogens with zero attached hydrogens (tertiary/aromatic N) is 1. The molecule has 0 fully saturated rings. The number of thiazole rings is 1. The maximum atomic E-state index is 11.8. The first-order chi connectivity index (χ1) is 10.1. The van der Waals surface area contributed by atoms with Crippen molar-refractivity contribution in [1.29, 1.82) is 0 Å². The Kier molecular flexibility index (Phi) is 5.28. The van der Waals surface area contributed by atoms with Crippen molar-refractivity contribution in [2.24, 2.45) is 0 Å². The van der Waals surface area contributed by atoms with Gasteiger partial charge in [-0.05, 0) is 5.56 Å². The summed E-state index contributed by atoms with van der Waals surface area (Å²) in [6, 6.07) is 8.55. The van der Waals surface area contributed by atoms with Crippen LogP contribution in [0.3, 0.4) is 0 Å². The van der Waals surface area contributed by atoms with Gasteiger partial charge in [-0.3, -0.25) is 4.79 Å². The van der Waals surface area contributed by atoms with Gasteiger partial charge in [0.2, 0.25) is 0 Å². The quantitative estimate of drug-likeness (QED) is 0.856. The molecule has 0 aliphatic heterocycles. The number of alkyl carbamates (subject to hydrolysis) is 1. The van der Waals surface area contributed by atoms with E-state index in [2.05, 4.69) is 10.3 Å². The number of carbonyl (C=O) groups excluding carboxylic acids is 1. The smallest absolute Gasteiger partial charge is 0.408 e. The maximum absolute atomic E-state index is 11.8. The molecule has 2 rings (SSSR count). The van der Waals surface area contributed by atoms with Crippen molar-refractivity contribution in [1.82, 2.24) is 10.3 Å². The second-order valence-corrected chi connectivity index (χ2v) is 5.15. The molecule has 0 unspecified atom stereocenters. The fourth-order valence-electron chi connectivity index (χ4n) is 1.69. The lowest BCUT2D eigenvalue weighted by molar-refractivity contribution is -0.137. The van der Waals surface area contributed by atoms with Crippen LogP contribution in [0.4, 0.5) is 4.79 Å². The fraction of sp³-hybridized carbons (Fsp3) is 0.214. The van der Waals surface area contributed by atoms with Crippen LogP contribution in [-0.2, 0) is 16.1 Å². The molecule has 1 aromatic carbocycles. The molecule has 2 N–H and O–H groups in total. The predicted octanol–water partition coefficient (Wildman–Crippen LogP) is 2.59. The van der Waals surface area contributed by atoms with Gasteiger partial charge in [-0.2, -0.15) is 0 Å². The first kappa shape index (κ1) is 15.0. The van der Waals surface area contributed by atoms with E-state index in [0.29, 0.717) is 5.01 Å². The zero-order chi connectivity index (χ0) is 15.1. The largest absolute Gasteiger partial charge is 0.481 e. The Hall–Kier alpha value is -2.41. The van der Waals surface area contributed by atoms with E-state index in [1.807, 2.05) is 30.3 Å². The molecular weight excluding hydrogens is 292 g/mol. The molecule has 7 heteroatoms. The number of nitrogens with one attached hydrogen (secondary N) is 1. The lowest BCUT2D eigenvalue weighted by Gasteiger charge is -2.14. The number of carboxylic acid groups (broad SMARTS) is 1. The summed E-state index contributed by atoms with van der Waals surface area (Å²) in [4.78, 5) is 26.6. The standard InChI is InChI=1S/C14H14N2O4S/c17-12(18)8-11(13-15-6-7-21-13)16-14(19)20-9-10-4-2-1-3-5-10/h1-7,11H,8-9H2,(H,16,19)(H,17,18)/t11-/m1/s1. The Morgan fingerprint density at radius 3 is 2.71 bits per heavy atom. The molecule has 1 heterocycles. The summed E-state index contributed by atoms with van der Waals surface area (Å²) in [6.07, 6.45) is 0.653. The molecule has 0 saturated carbocycles. The van der Waals surface area contributed by atoms with Crippen molar-refractivity contribution in [3.05, 3.63) is 52.5 Å². The number of rotatable bonds is 6. The van der Waals surface area contributed by atoms with Gasteiger partial charge >= 0.3 is 12.1 Å². The molecule has 1 aromatic heterocycles. The molecule has 1 amide bonds. The Morgan fingerprint density at radius 2 is 2.10 bits per heavy atom. The summed E-state index contributed by atoms with van der Waals surface area (Å²) in [5, 5.41) is 13.7. The van der Waals surface area contributed by atoms with E-state index >= 15 is 0 Å². The summed E-state index contributed by atoms with van der Waals surface area (Å²) in [7, 11) is 0.